The van der Waals surface area contributed by atoms with Gasteiger partial charge in [-0.3, -0.25) is 9.59 Å². The van der Waals surface area contributed by atoms with E-state index < -0.39 is 5.97 Å². The Bertz CT molecular complexity index is 530. The molecule has 2 N–H and O–H groups in total. The number of hydrogen-bond donors (Lipinski definition) is 2. The molecule has 0 spiro atoms. The summed E-state index contributed by atoms with van der Waals surface area (Å²) in [6.45, 7) is 2.28. The van der Waals surface area contributed by atoms with Crippen LogP contribution in [0.15, 0.2) is 0 Å². The highest BCUT2D eigenvalue weighted by atomic mass is 32.2. The smallest absolute Gasteiger partial charge is 0.323 e. The molecule has 26 heavy (non-hydrogen) atoms. The first-order valence-corrected chi connectivity index (χ1v) is 10.7. The normalized spacial score (nSPS) is 31.7. The van der Waals surface area contributed by atoms with Gasteiger partial charge in [-0.1, -0.05) is 11.8 Å². The van der Waals surface area contributed by atoms with E-state index in [-0.39, 0.29) is 17.7 Å². The molecule has 146 valence electrons. The molecule has 0 heterocycles. The second kappa shape index (κ2) is 8.19. The highest BCUT2D eigenvalue weighted by Crippen LogP contribution is 2.61. The van der Waals surface area contributed by atoms with Gasteiger partial charge in [0.2, 0.25) is 0 Å². The minimum atomic E-state index is -1.04. The minimum Gasteiger partial charge on any atom is -0.480 e. The molecule has 0 aliphatic heterocycles. The van der Waals surface area contributed by atoms with Gasteiger partial charge in [-0.15, -0.1) is 0 Å². The average molecular weight is 383 g/mol. The molecule has 0 saturated heterocycles. The molecule has 6 nitrogen and oxygen atoms in total. The first-order valence-electron chi connectivity index (χ1n) is 9.73. The van der Waals surface area contributed by atoms with Gasteiger partial charge < -0.3 is 15.3 Å². The summed E-state index contributed by atoms with van der Waals surface area (Å²) in [7, 11) is 0. The molecule has 0 atom stereocenters. The van der Waals surface area contributed by atoms with Crippen molar-refractivity contribution in [1.29, 1.82) is 0 Å². The number of hydrogen-bond acceptors (Lipinski definition) is 4. The van der Waals surface area contributed by atoms with E-state index in [0.29, 0.717) is 24.3 Å². The Morgan fingerprint density at radius 3 is 2.15 bits per heavy atom. The molecular formula is C19H30N2O4S. The third kappa shape index (κ3) is 4.93. The number of thioether (sulfide) groups is 1. The van der Waals surface area contributed by atoms with Crippen molar-refractivity contribution in [2.24, 2.45) is 23.2 Å². The molecule has 4 bridgehead atoms. The number of nitrogens with zero attached hydrogens (tertiary/aromatic N) is 1. The van der Waals surface area contributed by atoms with Gasteiger partial charge in [0.1, 0.15) is 6.54 Å². The number of aliphatic carboxylic acids is 1. The van der Waals surface area contributed by atoms with Crippen LogP contribution in [0.25, 0.3) is 0 Å². The lowest BCUT2D eigenvalue weighted by Gasteiger charge is -2.57. The van der Waals surface area contributed by atoms with E-state index in [9.17, 15) is 14.4 Å². The van der Waals surface area contributed by atoms with E-state index in [1.54, 1.807) is 4.90 Å². The predicted octanol–water partition coefficient (Wildman–Crippen LogP) is 2.97. The number of carboxylic acids is 1. The van der Waals surface area contributed by atoms with Gasteiger partial charge in [0, 0.05) is 25.8 Å². The number of carbonyl (C=O) groups excluding carboxylic acids is 2. The van der Waals surface area contributed by atoms with Crippen molar-refractivity contribution in [1.82, 2.24) is 10.2 Å². The van der Waals surface area contributed by atoms with Gasteiger partial charge in [0.05, 0.1) is 0 Å². The van der Waals surface area contributed by atoms with Crippen LogP contribution in [0.5, 0.6) is 0 Å². The van der Waals surface area contributed by atoms with E-state index in [4.69, 9.17) is 5.11 Å². The molecule has 0 unspecified atom stereocenters. The molecule has 7 heteroatoms. The largest absolute Gasteiger partial charge is 0.480 e. The van der Waals surface area contributed by atoms with Crippen LogP contribution in [0.2, 0.25) is 0 Å². The highest BCUT2D eigenvalue weighted by molar-refractivity contribution is 8.13. The third-order valence-corrected chi connectivity index (χ3v) is 7.21. The van der Waals surface area contributed by atoms with Gasteiger partial charge in [-0.2, -0.15) is 0 Å². The molecule has 4 fully saturated rings. The maximum Gasteiger partial charge on any atom is 0.323 e. The van der Waals surface area contributed by atoms with Gasteiger partial charge in [-0.25, -0.2) is 4.79 Å². The number of urea groups is 1. The number of carboxylic acid groups (broad SMARTS) is 1. The van der Waals surface area contributed by atoms with Crippen LogP contribution in [0, 0.1) is 23.2 Å². The van der Waals surface area contributed by atoms with Crippen LogP contribution >= 0.6 is 11.8 Å². The lowest BCUT2D eigenvalue weighted by atomic mass is 9.49. The molecule has 4 aliphatic rings. The molecule has 4 rings (SSSR count). The van der Waals surface area contributed by atoms with Crippen LogP contribution in [0.1, 0.15) is 51.9 Å². The topological polar surface area (TPSA) is 86.7 Å². The van der Waals surface area contributed by atoms with E-state index in [1.165, 1.54) is 57.2 Å². The average Bonchev–Trinajstić information content (AvgIpc) is 2.54. The number of carbonyl (C=O) groups is 3. The Labute approximate surface area is 159 Å². The van der Waals surface area contributed by atoms with Crippen molar-refractivity contribution < 1.29 is 19.5 Å². The predicted molar refractivity (Wildman–Crippen MR) is 101 cm³/mol. The standard InChI is InChI=1S/C19H30N2O4S/c1-13(22)26-5-4-21(18(25)20-12-17(23)24)3-2-19-9-14-6-15(10-19)8-16(7-14)11-19/h14-16H,2-12H2,1H3,(H,20,25)(H,23,24). The molecule has 0 aromatic carbocycles. The zero-order chi connectivity index (χ0) is 18.7. The number of rotatable bonds is 8. The summed E-state index contributed by atoms with van der Waals surface area (Å²) in [6, 6.07) is -0.332. The summed E-state index contributed by atoms with van der Waals surface area (Å²) < 4.78 is 0. The van der Waals surface area contributed by atoms with Gasteiger partial charge in [0.25, 0.3) is 0 Å². The monoisotopic (exact) mass is 382 g/mol. The van der Waals surface area contributed by atoms with Gasteiger partial charge in [-0.05, 0) is 68.1 Å². The van der Waals surface area contributed by atoms with Crippen molar-refractivity contribution in [3.63, 3.8) is 0 Å². The fraction of sp³-hybridized carbons (Fsp3) is 0.842. The molecular weight excluding hydrogens is 352 g/mol. The van der Waals surface area contributed by atoms with Crippen LogP contribution in [-0.4, -0.2) is 52.5 Å². The number of nitrogens with one attached hydrogen (secondary N) is 1. The van der Waals surface area contributed by atoms with Crippen molar-refractivity contribution in [2.75, 3.05) is 25.4 Å². The fourth-order valence-corrected chi connectivity index (χ4v) is 6.44. The number of amides is 2. The van der Waals surface area contributed by atoms with Crippen molar-refractivity contribution in [2.45, 2.75) is 51.9 Å². The second-order valence-corrected chi connectivity index (χ2v) is 9.82. The second-order valence-electron chi connectivity index (χ2n) is 8.55. The van der Waals surface area contributed by atoms with Crippen LogP contribution < -0.4 is 5.32 Å². The summed E-state index contributed by atoms with van der Waals surface area (Å²) in [5, 5.41) is 11.3. The van der Waals surface area contributed by atoms with Crippen molar-refractivity contribution in [3.05, 3.63) is 0 Å². The van der Waals surface area contributed by atoms with Gasteiger partial charge >= 0.3 is 12.0 Å². The van der Waals surface area contributed by atoms with Crippen LogP contribution in [-0.2, 0) is 9.59 Å². The minimum absolute atomic E-state index is 0.0389. The molecule has 0 radical (unpaired) electrons. The SMILES string of the molecule is CC(=O)SCCN(CCC12CC3CC(CC(C3)C1)C2)C(=O)NCC(=O)O. The summed E-state index contributed by atoms with van der Waals surface area (Å²) in [6.07, 6.45) is 9.09. The molecule has 4 aliphatic carbocycles. The van der Waals surface area contributed by atoms with E-state index >= 15 is 0 Å². The Hall–Kier alpha value is -1.24. The highest BCUT2D eigenvalue weighted by Gasteiger charge is 2.50. The summed E-state index contributed by atoms with van der Waals surface area (Å²) in [5.41, 5.74) is 0.383. The Balaban J connectivity index is 1.56. The van der Waals surface area contributed by atoms with E-state index in [2.05, 4.69) is 5.32 Å². The fourth-order valence-electron chi connectivity index (χ4n) is 5.85. The Morgan fingerprint density at radius 2 is 1.65 bits per heavy atom. The Morgan fingerprint density at radius 1 is 1.08 bits per heavy atom. The Kier molecular flexibility index (Phi) is 6.15. The molecule has 2 amide bonds. The quantitative estimate of drug-likeness (QED) is 0.674. The first-order chi connectivity index (χ1) is 12.3. The first kappa shape index (κ1) is 19.5. The maximum atomic E-state index is 12.4. The lowest BCUT2D eigenvalue weighted by Crippen LogP contribution is -2.49. The van der Waals surface area contributed by atoms with E-state index in [1.807, 2.05) is 0 Å². The molecule has 0 aromatic heterocycles. The van der Waals surface area contributed by atoms with Gasteiger partial charge in [0.15, 0.2) is 5.12 Å². The summed E-state index contributed by atoms with van der Waals surface area (Å²) in [4.78, 5) is 36.0. The zero-order valence-corrected chi connectivity index (χ0v) is 16.4. The third-order valence-electron chi connectivity index (χ3n) is 6.42. The maximum absolute atomic E-state index is 12.4. The van der Waals surface area contributed by atoms with Crippen LogP contribution in [0.4, 0.5) is 4.79 Å². The summed E-state index contributed by atoms with van der Waals surface area (Å²) >= 11 is 1.21. The molecule has 0 aromatic rings. The van der Waals surface area contributed by atoms with Crippen molar-refractivity contribution >= 4 is 28.9 Å². The molecule has 4 saturated carbocycles. The van der Waals surface area contributed by atoms with E-state index in [0.717, 1.165) is 24.2 Å². The lowest BCUT2D eigenvalue weighted by molar-refractivity contribution is -0.135. The summed E-state index contributed by atoms with van der Waals surface area (Å²) in [5.74, 6) is 2.14. The van der Waals surface area contributed by atoms with Crippen molar-refractivity contribution in [3.8, 4) is 0 Å². The zero-order valence-electron chi connectivity index (χ0n) is 15.5. The van der Waals surface area contributed by atoms with Crippen LogP contribution in [0.3, 0.4) is 0 Å².